The molecule has 1 heterocycles. The van der Waals surface area contributed by atoms with Gasteiger partial charge >= 0.3 is 5.97 Å². The van der Waals surface area contributed by atoms with Crippen molar-refractivity contribution in [3.63, 3.8) is 0 Å². The molecule has 0 radical (unpaired) electrons. The zero-order valence-corrected chi connectivity index (χ0v) is 9.89. The fraction of sp³-hybridized carbons (Fsp3) is 0. The van der Waals surface area contributed by atoms with Gasteiger partial charge in [-0.2, -0.15) is 5.26 Å². The molecule has 0 N–H and O–H groups in total. The number of halogens is 1. The van der Waals surface area contributed by atoms with E-state index in [4.69, 9.17) is 21.6 Å². The van der Waals surface area contributed by atoms with Crippen molar-refractivity contribution in [2.24, 2.45) is 0 Å². The van der Waals surface area contributed by atoms with Crippen molar-refractivity contribution in [3.8, 4) is 11.8 Å². The van der Waals surface area contributed by atoms with Crippen LogP contribution in [-0.2, 0) is 0 Å². The second kappa shape index (κ2) is 5.30. The highest BCUT2D eigenvalue weighted by Gasteiger charge is 2.10. The first-order valence-electron chi connectivity index (χ1n) is 5.03. The smallest absolute Gasteiger partial charge is 0.362 e. The lowest BCUT2D eigenvalue weighted by Crippen LogP contribution is -2.10. The average Bonchev–Trinajstić information content (AvgIpc) is 2.40. The SMILES string of the molecule is N#Cc1ccc(OC(=O)c2ccccn2)cc1Cl. The minimum absolute atomic E-state index is 0.206. The van der Waals surface area contributed by atoms with Crippen LogP contribution >= 0.6 is 11.6 Å². The summed E-state index contributed by atoms with van der Waals surface area (Å²) in [4.78, 5) is 15.6. The zero-order chi connectivity index (χ0) is 13.0. The van der Waals surface area contributed by atoms with Gasteiger partial charge in [0.1, 0.15) is 17.5 Å². The minimum Gasteiger partial charge on any atom is -0.422 e. The van der Waals surface area contributed by atoms with Crippen molar-refractivity contribution >= 4 is 17.6 Å². The first-order valence-corrected chi connectivity index (χ1v) is 5.41. The first kappa shape index (κ1) is 12.1. The molecule has 5 heteroatoms. The van der Waals surface area contributed by atoms with E-state index in [1.807, 2.05) is 6.07 Å². The van der Waals surface area contributed by atoms with Gasteiger partial charge in [0, 0.05) is 12.3 Å². The first-order chi connectivity index (χ1) is 8.70. The molecule has 0 aliphatic rings. The highest BCUT2D eigenvalue weighted by Crippen LogP contribution is 2.22. The van der Waals surface area contributed by atoms with Gasteiger partial charge in [-0.1, -0.05) is 17.7 Å². The van der Waals surface area contributed by atoms with E-state index in [0.717, 1.165) is 0 Å². The summed E-state index contributed by atoms with van der Waals surface area (Å²) in [5.74, 6) is -0.300. The van der Waals surface area contributed by atoms with Crippen LogP contribution in [0.1, 0.15) is 16.1 Å². The van der Waals surface area contributed by atoms with Gasteiger partial charge in [-0.3, -0.25) is 0 Å². The number of nitriles is 1. The number of hydrogen-bond acceptors (Lipinski definition) is 4. The highest BCUT2D eigenvalue weighted by molar-refractivity contribution is 6.31. The molecule has 0 aliphatic heterocycles. The highest BCUT2D eigenvalue weighted by atomic mass is 35.5. The van der Waals surface area contributed by atoms with E-state index >= 15 is 0 Å². The summed E-state index contributed by atoms with van der Waals surface area (Å²) in [5.41, 5.74) is 0.535. The number of carbonyl (C=O) groups is 1. The molecule has 0 aliphatic carbocycles. The molecular formula is C13H7ClN2O2. The lowest BCUT2D eigenvalue weighted by Gasteiger charge is -2.04. The lowest BCUT2D eigenvalue weighted by molar-refractivity contribution is 0.0728. The summed E-state index contributed by atoms with van der Waals surface area (Å²) >= 11 is 5.83. The topological polar surface area (TPSA) is 63.0 Å². The molecule has 2 aromatic rings. The van der Waals surface area contributed by atoms with Crippen LogP contribution in [0.2, 0.25) is 5.02 Å². The van der Waals surface area contributed by atoms with Crippen LogP contribution in [-0.4, -0.2) is 11.0 Å². The zero-order valence-electron chi connectivity index (χ0n) is 9.13. The summed E-state index contributed by atoms with van der Waals surface area (Å²) in [6.45, 7) is 0. The van der Waals surface area contributed by atoms with Gasteiger partial charge in [-0.25, -0.2) is 9.78 Å². The minimum atomic E-state index is -0.573. The Morgan fingerprint density at radius 3 is 2.78 bits per heavy atom. The molecule has 0 saturated heterocycles. The van der Waals surface area contributed by atoms with Crippen LogP contribution in [0.3, 0.4) is 0 Å². The number of ether oxygens (including phenoxy) is 1. The molecule has 0 bridgehead atoms. The molecule has 0 spiro atoms. The molecule has 0 saturated carbocycles. The summed E-state index contributed by atoms with van der Waals surface area (Å²) < 4.78 is 5.09. The molecule has 0 fully saturated rings. The van der Waals surface area contributed by atoms with Gasteiger partial charge in [-0.05, 0) is 24.3 Å². The van der Waals surface area contributed by atoms with E-state index < -0.39 is 5.97 Å². The van der Waals surface area contributed by atoms with E-state index in [1.165, 1.54) is 24.4 Å². The van der Waals surface area contributed by atoms with Crippen LogP contribution in [0.5, 0.6) is 5.75 Å². The fourth-order valence-electron chi connectivity index (χ4n) is 1.29. The standard InChI is InChI=1S/C13H7ClN2O2/c14-11-7-10(5-4-9(11)8-15)18-13(17)12-3-1-2-6-16-12/h1-7H. The molecule has 18 heavy (non-hydrogen) atoms. The van der Waals surface area contributed by atoms with Crippen LogP contribution in [0.15, 0.2) is 42.6 Å². The van der Waals surface area contributed by atoms with Crippen LogP contribution < -0.4 is 4.74 Å². The van der Waals surface area contributed by atoms with E-state index in [9.17, 15) is 4.79 Å². The van der Waals surface area contributed by atoms with Crippen molar-refractivity contribution in [2.75, 3.05) is 0 Å². The number of carbonyl (C=O) groups excluding carboxylic acids is 1. The van der Waals surface area contributed by atoms with Gasteiger partial charge < -0.3 is 4.74 Å². The fourth-order valence-corrected chi connectivity index (χ4v) is 1.51. The number of benzene rings is 1. The Labute approximate surface area is 108 Å². The molecule has 0 atom stereocenters. The summed E-state index contributed by atoms with van der Waals surface area (Å²) in [5, 5.41) is 8.96. The van der Waals surface area contributed by atoms with E-state index in [0.29, 0.717) is 5.56 Å². The third-order valence-corrected chi connectivity index (χ3v) is 2.46. The van der Waals surface area contributed by atoms with Gasteiger partial charge in [-0.15, -0.1) is 0 Å². The Kier molecular flexibility index (Phi) is 3.56. The largest absolute Gasteiger partial charge is 0.422 e. The molecule has 1 aromatic carbocycles. The van der Waals surface area contributed by atoms with Crippen LogP contribution in [0, 0.1) is 11.3 Å². The molecule has 0 amide bonds. The predicted molar refractivity (Wildman–Crippen MR) is 65.4 cm³/mol. The summed E-state index contributed by atoms with van der Waals surface area (Å²) in [6.07, 6.45) is 1.50. The average molecular weight is 259 g/mol. The number of nitrogens with zero attached hydrogens (tertiary/aromatic N) is 2. The van der Waals surface area contributed by atoms with Gasteiger partial charge in [0.25, 0.3) is 0 Å². The summed E-state index contributed by atoms with van der Waals surface area (Å²) in [7, 11) is 0. The quantitative estimate of drug-likeness (QED) is 0.614. The Morgan fingerprint density at radius 1 is 1.33 bits per heavy atom. The lowest BCUT2D eigenvalue weighted by atomic mass is 10.2. The second-order valence-corrected chi connectivity index (χ2v) is 3.77. The molecule has 1 aromatic heterocycles. The van der Waals surface area contributed by atoms with Gasteiger partial charge in [0.2, 0.25) is 0 Å². The van der Waals surface area contributed by atoms with Crippen LogP contribution in [0.4, 0.5) is 0 Å². The number of pyridine rings is 1. The molecule has 88 valence electrons. The third-order valence-electron chi connectivity index (χ3n) is 2.15. The summed E-state index contributed by atoms with van der Waals surface area (Å²) in [6, 6.07) is 11.3. The second-order valence-electron chi connectivity index (χ2n) is 3.36. The Hall–Kier alpha value is -2.38. The third kappa shape index (κ3) is 2.65. The van der Waals surface area contributed by atoms with Gasteiger partial charge in [0.05, 0.1) is 10.6 Å². The van der Waals surface area contributed by atoms with Crippen molar-refractivity contribution in [1.82, 2.24) is 4.98 Å². The maximum atomic E-state index is 11.7. The van der Waals surface area contributed by atoms with E-state index in [-0.39, 0.29) is 16.5 Å². The van der Waals surface area contributed by atoms with E-state index in [2.05, 4.69) is 4.98 Å². The van der Waals surface area contributed by atoms with Gasteiger partial charge in [0.15, 0.2) is 0 Å². The number of rotatable bonds is 2. The molecule has 0 unspecified atom stereocenters. The maximum absolute atomic E-state index is 11.7. The Balaban J connectivity index is 2.18. The van der Waals surface area contributed by atoms with Crippen molar-refractivity contribution in [3.05, 3.63) is 58.9 Å². The molecule has 2 rings (SSSR count). The normalized spacial score (nSPS) is 9.56. The Bertz CT molecular complexity index is 621. The van der Waals surface area contributed by atoms with E-state index in [1.54, 1.807) is 18.2 Å². The van der Waals surface area contributed by atoms with Crippen LogP contribution in [0.25, 0.3) is 0 Å². The molecular weight excluding hydrogens is 252 g/mol. The van der Waals surface area contributed by atoms with Crippen molar-refractivity contribution in [2.45, 2.75) is 0 Å². The predicted octanol–water partition coefficient (Wildman–Crippen LogP) is 2.83. The Morgan fingerprint density at radius 2 is 2.17 bits per heavy atom. The number of hydrogen-bond donors (Lipinski definition) is 0. The maximum Gasteiger partial charge on any atom is 0.362 e. The van der Waals surface area contributed by atoms with Crippen molar-refractivity contribution < 1.29 is 9.53 Å². The molecule has 4 nitrogen and oxygen atoms in total. The monoisotopic (exact) mass is 258 g/mol. The number of esters is 1. The number of aromatic nitrogens is 1. The van der Waals surface area contributed by atoms with Crippen molar-refractivity contribution in [1.29, 1.82) is 5.26 Å².